The summed E-state index contributed by atoms with van der Waals surface area (Å²) in [5.74, 6) is -0.350. The summed E-state index contributed by atoms with van der Waals surface area (Å²) in [6, 6.07) is 4.84. The molecule has 0 saturated carbocycles. The second-order valence-corrected chi connectivity index (χ2v) is 7.21. The van der Waals surface area contributed by atoms with Crippen LogP contribution in [0.4, 0.5) is 20.6 Å². The number of ether oxygens (including phenoxy) is 2. The number of amides is 1. The molecule has 2 saturated heterocycles. The first kappa shape index (κ1) is 18.2. The van der Waals surface area contributed by atoms with Crippen LogP contribution >= 0.6 is 24.0 Å². The molecular weight excluding hydrogens is 365 g/mol. The molecule has 1 aromatic carbocycles. The van der Waals surface area contributed by atoms with Crippen LogP contribution in [0.3, 0.4) is 0 Å². The fraction of sp³-hybridized carbons (Fsp3) is 0.500. The molecule has 1 atom stereocenters. The molecule has 1 N–H and O–H groups in total. The Bertz CT molecular complexity index is 656. The highest BCUT2D eigenvalue weighted by Crippen LogP contribution is 2.28. The number of morpholine rings is 1. The normalized spacial score (nSPS) is 20.6. The summed E-state index contributed by atoms with van der Waals surface area (Å²) in [6.07, 6.45) is 1.08. The Morgan fingerprint density at radius 2 is 2.20 bits per heavy atom. The number of rotatable bonds is 4. The molecule has 2 fully saturated rings. The number of hydrogen-bond donors (Lipinski definition) is 1. The lowest BCUT2D eigenvalue weighted by Crippen LogP contribution is -2.36. The molecule has 2 heterocycles. The van der Waals surface area contributed by atoms with Crippen molar-refractivity contribution >= 4 is 45.8 Å². The van der Waals surface area contributed by atoms with Crippen molar-refractivity contribution in [2.45, 2.75) is 6.10 Å². The molecular formula is C16H20FN3O3S2. The van der Waals surface area contributed by atoms with Gasteiger partial charge in [0.1, 0.15) is 16.2 Å². The van der Waals surface area contributed by atoms with Crippen LogP contribution in [0.15, 0.2) is 18.2 Å². The summed E-state index contributed by atoms with van der Waals surface area (Å²) in [5.41, 5.74) is 1.03. The Kier molecular flexibility index (Phi) is 5.98. The third-order valence-corrected chi connectivity index (χ3v) is 5.29. The van der Waals surface area contributed by atoms with Crippen LogP contribution < -0.4 is 15.1 Å². The van der Waals surface area contributed by atoms with Gasteiger partial charge < -0.3 is 19.7 Å². The van der Waals surface area contributed by atoms with Crippen LogP contribution in [-0.4, -0.2) is 62.2 Å². The van der Waals surface area contributed by atoms with Crippen LogP contribution in [0.25, 0.3) is 0 Å². The molecule has 2 aliphatic rings. The highest BCUT2D eigenvalue weighted by atomic mass is 32.2. The van der Waals surface area contributed by atoms with Gasteiger partial charge in [-0.25, -0.2) is 9.18 Å². The molecule has 1 unspecified atom stereocenters. The van der Waals surface area contributed by atoms with Crippen molar-refractivity contribution in [1.82, 2.24) is 5.32 Å². The SMILES string of the molecule is CSC(=S)NCC1CN(c2ccc(N3CCOCC3)c(F)c2)C(=O)O1. The van der Waals surface area contributed by atoms with Crippen LogP contribution in [0, 0.1) is 5.82 Å². The van der Waals surface area contributed by atoms with E-state index in [1.54, 1.807) is 12.1 Å². The largest absolute Gasteiger partial charge is 0.442 e. The summed E-state index contributed by atoms with van der Waals surface area (Å²) >= 11 is 6.50. The topological polar surface area (TPSA) is 54.0 Å². The zero-order valence-electron chi connectivity index (χ0n) is 13.9. The third kappa shape index (κ3) is 4.34. The predicted molar refractivity (Wildman–Crippen MR) is 101 cm³/mol. The number of carbonyl (C=O) groups excluding carboxylic acids is 1. The van der Waals surface area contributed by atoms with Gasteiger partial charge in [-0.05, 0) is 24.5 Å². The van der Waals surface area contributed by atoms with Gasteiger partial charge in [0.25, 0.3) is 0 Å². The van der Waals surface area contributed by atoms with Crippen molar-refractivity contribution in [3.8, 4) is 0 Å². The molecule has 2 aliphatic heterocycles. The van der Waals surface area contributed by atoms with Crippen molar-refractivity contribution in [1.29, 1.82) is 0 Å². The van der Waals surface area contributed by atoms with Gasteiger partial charge in [-0.1, -0.05) is 12.2 Å². The van der Waals surface area contributed by atoms with Crippen LogP contribution in [0.5, 0.6) is 0 Å². The maximum atomic E-state index is 14.5. The lowest BCUT2D eigenvalue weighted by molar-refractivity contribution is 0.122. The van der Waals surface area contributed by atoms with Gasteiger partial charge >= 0.3 is 6.09 Å². The minimum absolute atomic E-state index is 0.320. The molecule has 0 radical (unpaired) electrons. The van der Waals surface area contributed by atoms with E-state index < -0.39 is 6.09 Å². The molecule has 1 aromatic rings. The fourth-order valence-electron chi connectivity index (χ4n) is 2.83. The second kappa shape index (κ2) is 8.20. The summed E-state index contributed by atoms with van der Waals surface area (Å²) < 4.78 is 25.8. The number of anilines is 2. The van der Waals surface area contributed by atoms with Gasteiger partial charge in [-0.2, -0.15) is 0 Å². The van der Waals surface area contributed by atoms with Crippen molar-refractivity contribution in [2.24, 2.45) is 0 Å². The van der Waals surface area contributed by atoms with E-state index in [0.29, 0.717) is 55.1 Å². The van der Waals surface area contributed by atoms with E-state index in [1.165, 1.54) is 22.7 Å². The van der Waals surface area contributed by atoms with E-state index in [4.69, 9.17) is 21.7 Å². The molecule has 136 valence electrons. The summed E-state index contributed by atoms with van der Waals surface area (Å²) in [5, 5.41) is 3.03. The first-order valence-electron chi connectivity index (χ1n) is 8.00. The van der Waals surface area contributed by atoms with Crippen molar-refractivity contribution in [2.75, 3.05) is 55.4 Å². The number of hydrogen-bond acceptors (Lipinski definition) is 6. The van der Waals surface area contributed by atoms with E-state index >= 15 is 0 Å². The van der Waals surface area contributed by atoms with Gasteiger partial charge in [0, 0.05) is 13.1 Å². The first-order valence-corrected chi connectivity index (χ1v) is 9.64. The average Bonchev–Trinajstić information content (AvgIpc) is 3.01. The van der Waals surface area contributed by atoms with E-state index in [2.05, 4.69) is 5.32 Å². The maximum Gasteiger partial charge on any atom is 0.414 e. The maximum absolute atomic E-state index is 14.5. The van der Waals surface area contributed by atoms with Gasteiger partial charge in [-0.15, -0.1) is 11.8 Å². The Labute approximate surface area is 155 Å². The molecule has 0 spiro atoms. The van der Waals surface area contributed by atoms with Gasteiger partial charge in [-0.3, -0.25) is 4.90 Å². The van der Waals surface area contributed by atoms with Crippen molar-refractivity contribution in [3.63, 3.8) is 0 Å². The highest BCUT2D eigenvalue weighted by Gasteiger charge is 2.32. The Balaban J connectivity index is 1.66. The number of halogens is 1. The molecule has 25 heavy (non-hydrogen) atoms. The number of carbonyl (C=O) groups is 1. The number of cyclic esters (lactones) is 1. The number of thiocarbonyl (C=S) groups is 1. The molecule has 0 aliphatic carbocycles. The second-order valence-electron chi connectivity index (χ2n) is 5.72. The first-order chi connectivity index (χ1) is 12.1. The molecule has 1 amide bonds. The van der Waals surface area contributed by atoms with Crippen LogP contribution in [0.2, 0.25) is 0 Å². The standard InChI is InChI=1S/C16H20FN3O3S2/c1-25-15(24)18-9-12-10-20(16(21)23-12)11-2-3-14(13(17)8-11)19-4-6-22-7-5-19/h2-3,8,12H,4-7,9-10H2,1H3,(H,18,24). The van der Waals surface area contributed by atoms with Gasteiger partial charge in [0.05, 0.1) is 37.7 Å². The van der Waals surface area contributed by atoms with Gasteiger partial charge in [0.15, 0.2) is 0 Å². The number of nitrogens with one attached hydrogen (secondary N) is 1. The minimum atomic E-state index is -0.472. The summed E-state index contributed by atoms with van der Waals surface area (Å²) in [4.78, 5) is 15.5. The average molecular weight is 385 g/mol. The molecule has 9 heteroatoms. The lowest BCUT2D eigenvalue weighted by Gasteiger charge is -2.29. The minimum Gasteiger partial charge on any atom is -0.442 e. The Morgan fingerprint density at radius 3 is 2.88 bits per heavy atom. The zero-order chi connectivity index (χ0) is 17.8. The monoisotopic (exact) mass is 385 g/mol. The smallest absolute Gasteiger partial charge is 0.414 e. The molecule has 0 bridgehead atoms. The number of benzene rings is 1. The Hall–Kier alpha value is -1.58. The van der Waals surface area contributed by atoms with E-state index in [9.17, 15) is 9.18 Å². The molecule has 3 rings (SSSR count). The summed E-state index contributed by atoms with van der Waals surface area (Å²) in [7, 11) is 0. The zero-order valence-corrected chi connectivity index (χ0v) is 15.5. The Morgan fingerprint density at radius 1 is 1.44 bits per heavy atom. The van der Waals surface area contributed by atoms with Crippen molar-refractivity contribution in [3.05, 3.63) is 24.0 Å². The molecule has 6 nitrogen and oxygen atoms in total. The lowest BCUT2D eigenvalue weighted by atomic mass is 10.2. The van der Waals surface area contributed by atoms with Gasteiger partial charge in [0.2, 0.25) is 0 Å². The summed E-state index contributed by atoms with van der Waals surface area (Å²) in [6.45, 7) is 3.30. The predicted octanol–water partition coefficient (Wildman–Crippen LogP) is 2.23. The van der Waals surface area contributed by atoms with Crippen LogP contribution in [0.1, 0.15) is 0 Å². The fourth-order valence-corrected chi connectivity index (χ4v) is 3.14. The van der Waals surface area contributed by atoms with Crippen LogP contribution in [-0.2, 0) is 9.47 Å². The molecule has 0 aromatic heterocycles. The quantitative estimate of drug-likeness (QED) is 0.798. The van der Waals surface area contributed by atoms with Crippen molar-refractivity contribution < 1.29 is 18.7 Å². The highest BCUT2D eigenvalue weighted by molar-refractivity contribution is 8.22. The van der Waals surface area contributed by atoms with E-state index in [1.807, 2.05) is 11.2 Å². The van der Waals surface area contributed by atoms with E-state index in [-0.39, 0.29) is 11.9 Å². The number of thioether (sulfide) groups is 1. The third-order valence-electron chi connectivity index (χ3n) is 4.13. The number of nitrogens with zero attached hydrogens (tertiary/aromatic N) is 2. The van der Waals surface area contributed by atoms with E-state index in [0.717, 1.165) is 0 Å².